The SMILES string of the molecule is CC(C)c1cccc(N(C)CCOCCO)c1. The molecule has 0 saturated carbocycles. The molecule has 0 amide bonds. The van der Waals surface area contributed by atoms with Crippen molar-refractivity contribution in [2.45, 2.75) is 19.8 Å². The zero-order valence-electron chi connectivity index (χ0n) is 11.0. The number of aliphatic hydroxyl groups is 1. The first-order valence-electron chi connectivity index (χ1n) is 6.15. The first-order chi connectivity index (χ1) is 8.15. The fourth-order valence-electron chi connectivity index (χ4n) is 1.62. The zero-order valence-corrected chi connectivity index (χ0v) is 11.0. The van der Waals surface area contributed by atoms with Gasteiger partial charge in [-0.25, -0.2) is 0 Å². The molecule has 0 spiro atoms. The van der Waals surface area contributed by atoms with E-state index in [2.05, 4.69) is 50.1 Å². The van der Waals surface area contributed by atoms with Gasteiger partial charge in [0.15, 0.2) is 0 Å². The molecule has 0 saturated heterocycles. The van der Waals surface area contributed by atoms with Crippen LogP contribution in [-0.2, 0) is 4.74 Å². The van der Waals surface area contributed by atoms with Crippen LogP contribution >= 0.6 is 0 Å². The molecular weight excluding hydrogens is 214 g/mol. The van der Waals surface area contributed by atoms with E-state index in [0.717, 1.165) is 6.54 Å². The Morgan fingerprint density at radius 1 is 1.29 bits per heavy atom. The minimum Gasteiger partial charge on any atom is -0.394 e. The van der Waals surface area contributed by atoms with Crippen LogP contribution < -0.4 is 4.90 Å². The van der Waals surface area contributed by atoms with Gasteiger partial charge in [-0.3, -0.25) is 0 Å². The van der Waals surface area contributed by atoms with Gasteiger partial charge in [0, 0.05) is 19.3 Å². The maximum atomic E-state index is 8.61. The Bertz CT molecular complexity index is 326. The molecule has 0 heterocycles. The number of anilines is 1. The van der Waals surface area contributed by atoms with Crippen molar-refractivity contribution in [2.24, 2.45) is 0 Å². The van der Waals surface area contributed by atoms with Crippen molar-refractivity contribution in [3.05, 3.63) is 29.8 Å². The quantitative estimate of drug-likeness (QED) is 0.738. The second-order valence-electron chi connectivity index (χ2n) is 4.51. The fourth-order valence-corrected chi connectivity index (χ4v) is 1.62. The van der Waals surface area contributed by atoms with E-state index >= 15 is 0 Å². The van der Waals surface area contributed by atoms with Gasteiger partial charge >= 0.3 is 0 Å². The molecular formula is C14H23NO2. The van der Waals surface area contributed by atoms with E-state index in [1.54, 1.807) is 0 Å². The molecule has 0 fully saturated rings. The Morgan fingerprint density at radius 2 is 2.06 bits per heavy atom. The van der Waals surface area contributed by atoms with Gasteiger partial charge in [0.25, 0.3) is 0 Å². The molecule has 3 heteroatoms. The molecule has 1 rings (SSSR count). The Hall–Kier alpha value is -1.06. The summed E-state index contributed by atoms with van der Waals surface area (Å²) in [6.07, 6.45) is 0. The molecule has 96 valence electrons. The van der Waals surface area contributed by atoms with E-state index in [0.29, 0.717) is 19.1 Å². The monoisotopic (exact) mass is 237 g/mol. The van der Waals surface area contributed by atoms with Crippen molar-refractivity contribution in [2.75, 3.05) is 38.3 Å². The average Bonchev–Trinajstić information content (AvgIpc) is 2.34. The maximum Gasteiger partial charge on any atom is 0.0698 e. The van der Waals surface area contributed by atoms with E-state index < -0.39 is 0 Å². The molecule has 3 nitrogen and oxygen atoms in total. The number of likely N-dealkylation sites (N-methyl/N-ethyl adjacent to an activating group) is 1. The third-order valence-electron chi connectivity index (χ3n) is 2.78. The zero-order chi connectivity index (χ0) is 12.7. The van der Waals surface area contributed by atoms with Crippen molar-refractivity contribution in [3.8, 4) is 0 Å². The van der Waals surface area contributed by atoms with Crippen LogP contribution in [0.5, 0.6) is 0 Å². The summed E-state index contributed by atoms with van der Waals surface area (Å²) >= 11 is 0. The number of aliphatic hydroxyl groups excluding tert-OH is 1. The van der Waals surface area contributed by atoms with E-state index in [-0.39, 0.29) is 6.61 Å². The number of hydrogen-bond donors (Lipinski definition) is 1. The summed E-state index contributed by atoms with van der Waals surface area (Å²) in [5, 5.41) is 8.61. The topological polar surface area (TPSA) is 32.7 Å². The first-order valence-corrected chi connectivity index (χ1v) is 6.15. The van der Waals surface area contributed by atoms with Gasteiger partial charge in [-0.05, 0) is 23.6 Å². The lowest BCUT2D eigenvalue weighted by Gasteiger charge is -2.20. The molecule has 0 aliphatic heterocycles. The largest absolute Gasteiger partial charge is 0.394 e. The van der Waals surface area contributed by atoms with Crippen molar-refractivity contribution in [1.82, 2.24) is 0 Å². The summed E-state index contributed by atoms with van der Waals surface area (Å²) in [5.41, 5.74) is 2.56. The summed E-state index contributed by atoms with van der Waals surface area (Å²) in [7, 11) is 2.06. The van der Waals surface area contributed by atoms with Gasteiger partial charge in [0.2, 0.25) is 0 Å². The molecule has 0 atom stereocenters. The van der Waals surface area contributed by atoms with E-state index in [1.165, 1.54) is 11.3 Å². The second kappa shape index (κ2) is 7.30. The lowest BCUT2D eigenvalue weighted by atomic mass is 10.0. The summed E-state index contributed by atoms with van der Waals surface area (Å²) < 4.78 is 5.26. The highest BCUT2D eigenvalue weighted by Gasteiger charge is 2.04. The lowest BCUT2D eigenvalue weighted by Crippen LogP contribution is -2.23. The summed E-state index contributed by atoms with van der Waals surface area (Å²) in [5.74, 6) is 0.550. The van der Waals surface area contributed by atoms with Crippen LogP contribution in [0.1, 0.15) is 25.3 Å². The van der Waals surface area contributed by atoms with Gasteiger partial charge in [0.05, 0.1) is 19.8 Å². The summed E-state index contributed by atoms with van der Waals surface area (Å²) in [6, 6.07) is 8.58. The molecule has 1 N–H and O–H groups in total. The molecule has 0 radical (unpaired) electrons. The van der Waals surface area contributed by atoms with Crippen molar-refractivity contribution in [1.29, 1.82) is 0 Å². The minimum absolute atomic E-state index is 0.0898. The second-order valence-corrected chi connectivity index (χ2v) is 4.51. The van der Waals surface area contributed by atoms with Gasteiger partial charge in [0.1, 0.15) is 0 Å². The Kier molecular flexibility index (Phi) is 6.01. The van der Waals surface area contributed by atoms with Gasteiger partial charge in [-0.15, -0.1) is 0 Å². The Labute approximate surface area is 104 Å². The van der Waals surface area contributed by atoms with Crippen LogP contribution in [-0.4, -0.2) is 38.5 Å². The molecule has 1 aromatic rings. The summed E-state index contributed by atoms with van der Waals surface area (Å²) in [4.78, 5) is 2.17. The van der Waals surface area contributed by atoms with Gasteiger partial charge < -0.3 is 14.7 Å². The van der Waals surface area contributed by atoms with Crippen LogP contribution in [0.15, 0.2) is 24.3 Å². The highest BCUT2D eigenvalue weighted by molar-refractivity contribution is 5.48. The lowest BCUT2D eigenvalue weighted by molar-refractivity contribution is 0.0971. The van der Waals surface area contributed by atoms with Gasteiger partial charge in [-0.1, -0.05) is 26.0 Å². The van der Waals surface area contributed by atoms with E-state index in [9.17, 15) is 0 Å². The minimum atomic E-state index is 0.0898. The first kappa shape index (κ1) is 14.0. The molecule has 17 heavy (non-hydrogen) atoms. The van der Waals surface area contributed by atoms with E-state index in [1.807, 2.05) is 0 Å². The highest BCUT2D eigenvalue weighted by Crippen LogP contribution is 2.20. The third kappa shape index (κ3) is 4.75. The third-order valence-corrected chi connectivity index (χ3v) is 2.78. The predicted molar refractivity (Wildman–Crippen MR) is 71.7 cm³/mol. The molecule has 0 aromatic heterocycles. The van der Waals surface area contributed by atoms with Crippen molar-refractivity contribution in [3.63, 3.8) is 0 Å². The molecule has 0 aliphatic carbocycles. The summed E-state index contributed by atoms with van der Waals surface area (Å²) in [6.45, 7) is 6.38. The van der Waals surface area contributed by atoms with Crippen molar-refractivity contribution < 1.29 is 9.84 Å². The number of hydrogen-bond acceptors (Lipinski definition) is 3. The van der Waals surface area contributed by atoms with E-state index in [4.69, 9.17) is 9.84 Å². The van der Waals surface area contributed by atoms with Crippen LogP contribution in [0, 0.1) is 0 Å². The number of ether oxygens (including phenoxy) is 1. The van der Waals surface area contributed by atoms with Gasteiger partial charge in [-0.2, -0.15) is 0 Å². The van der Waals surface area contributed by atoms with Crippen LogP contribution in [0.4, 0.5) is 5.69 Å². The van der Waals surface area contributed by atoms with Crippen LogP contribution in [0.2, 0.25) is 0 Å². The fraction of sp³-hybridized carbons (Fsp3) is 0.571. The molecule has 0 aliphatic rings. The molecule has 1 aromatic carbocycles. The normalized spacial score (nSPS) is 10.9. The average molecular weight is 237 g/mol. The number of benzene rings is 1. The smallest absolute Gasteiger partial charge is 0.0698 e. The van der Waals surface area contributed by atoms with Crippen LogP contribution in [0.25, 0.3) is 0 Å². The number of rotatable bonds is 7. The Morgan fingerprint density at radius 3 is 2.71 bits per heavy atom. The molecule has 0 bridgehead atoms. The Balaban J connectivity index is 2.50. The van der Waals surface area contributed by atoms with Crippen molar-refractivity contribution >= 4 is 5.69 Å². The highest BCUT2D eigenvalue weighted by atomic mass is 16.5. The standard InChI is InChI=1S/C14H23NO2/c1-12(2)13-5-4-6-14(11-13)15(3)7-9-17-10-8-16/h4-6,11-12,16H,7-10H2,1-3H3. The number of nitrogens with zero attached hydrogens (tertiary/aromatic N) is 1. The maximum absolute atomic E-state index is 8.61. The van der Waals surface area contributed by atoms with Crippen LogP contribution in [0.3, 0.4) is 0 Å². The predicted octanol–water partition coefficient (Wildman–Crippen LogP) is 2.26. The molecule has 0 unspecified atom stereocenters.